The number of allylic oxidation sites excluding steroid dienone is 1. The van der Waals surface area contributed by atoms with Crippen molar-refractivity contribution in [3.63, 3.8) is 0 Å². The third kappa shape index (κ3) is 4.72. The molecule has 0 saturated heterocycles. The molecule has 1 aromatic heterocycles. The van der Waals surface area contributed by atoms with Gasteiger partial charge in [0.2, 0.25) is 5.91 Å². The number of esters is 1. The molecule has 1 aliphatic carbocycles. The Morgan fingerprint density at radius 3 is 2.56 bits per heavy atom. The molecule has 1 aromatic rings. The molecule has 0 aliphatic heterocycles. The van der Waals surface area contributed by atoms with Crippen LogP contribution in [0.15, 0.2) is 11.6 Å². The lowest BCUT2D eigenvalue weighted by Crippen LogP contribution is -2.26. The van der Waals surface area contributed by atoms with E-state index < -0.39 is 0 Å². The zero-order valence-corrected chi connectivity index (χ0v) is 16.9. The maximum atomic E-state index is 12.5. The van der Waals surface area contributed by atoms with Crippen molar-refractivity contribution in [2.75, 3.05) is 11.9 Å². The van der Waals surface area contributed by atoms with Gasteiger partial charge in [0.25, 0.3) is 0 Å². The lowest BCUT2D eigenvalue weighted by Gasteiger charge is -2.33. The summed E-state index contributed by atoms with van der Waals surface area (Å²) in [5.74, 6) is 0.0493. The van der Waals surface area contributed by atoms with E-state index in [-0.39, 0.29) is 17.3 Å². The van der Waals surface area contributed by atoms with Gasteiger partial charge in [-0.2, -0.15) is 0 Å². The van der Waals surface area contributed by atoms with Crippen molar-refractivity contribution in [1.29, 1.82) is 0 Å². The van der Waals surface area contributed by atoms with Gasteiger partial charge < -0.3 is 10.1 Å². The van der Waals surface area contributed by atoms with E-state index in [2.05, 4.69) is 26.1 Å². The van der Waals surface area contributed by atoms with Crippen molar-refractivity contribution in [1.82, 2.24) is 0 Å². The van der Waals surface area contributed by atoms with E-state index in [1.165, 1.54) is 16.2 Å². The van der Waals surface area contributed by atoms with Gasteiger partial charge in [-0.3, -0.25) is 4.79 Å². The number of anilines is 1. The predicted molar refractivity (Wildman–Crippen MR) is 103 cm³/mol. The molecule has 25 heavy (non-hydrogen) atoms. The number of carbonyl (C=O) groups excluding carboxylic acids is 2. The number of thiophene rings is 1. The molecule has 0 radical (unpaired) electrons. The Bertz CT molecular complexity index is 691. The Kier molecular flexibility index (Phi) is 6.09. The molecule has 2 rings (SSSR count). The van der Waals surface area contributed by atoms with Gasteiger partial charge in [0, 0.05) is 11.0 Å². The van der Waals surface area contributed by atoms with Gasteiger partial charge in [0.05, 0.1) is 12.2 Å². The van der Waals surface area contributed by atoms with E-state index in [4.69, 9.17) is 4.74 Å². The summed E-state index contributed by atoms with van der Waals surface area (Å²) in [7, 11) is 0. The van der Waals surface area contributed by atoms with E-state index in [9.17, 15) is 9.59 Å². The molecular weight excluding hydrogens is 334 g/mol. The number of carbonyl (C=O) groups is 2. The topological polar surface area (TPSA) is 55.4 Å². The predicted octanol–water partition coefficient (Wildman–Crippen LogP) is 4.98. The smallest absolute Gasteiger partial charge is 0.341 e. The molecule has 0 unspecified atom stereocenters. The zero-order valence-electron chi connectivity index (χ0n) is 16.1. The van der Waals surface area contributed by atoms with Gasteiger partial charge in [-0.1, -0.05) is 26.3 Å². The second kappa shape index (κ2) is 7.73. The van der Waals surface area contributed by atoms with Crippen LogP contribution in [0.2, 0.25) is 0 Å². The molecule has 0 fully saturated rings. The maximum Gasteiger partial charge on any atom is 0.341 e. The molecule has 0 saturated carbocycles. The summed E-state index contributed by atoms with van der Waals surface area (Å²) < 4.78 is 5.25. The lowest BCUT2D eigenvalue weighted by atomic mass is 9.72. The van der Waals surface area contributed by atoms with Crippen molar-refractivity contribution < 1.29 is 14.3 Å². The zero-order chi connectivity index (χ0) is 18.8. The highest BCUT2D eigenvalue weighted by atomic mass is 32.1. The summed E-state index contributed by atoms with van der Waals surface area (Å²) in [4.78, 5) is 25.9. The molecule has 1 atom stereocenters. The van der Waals surface area contributed by atoms with Gasteiger partial charge in [0.15, 0.2) is 0 Å². The van der Waals surface area contributed by atoms with E-state index >= 15 is 0 Å². The van der Waals surface area contributed by atoms with Crippen LogP contribution in [-0.4, -0.2) is 18.5 Å². The van der Waals surface area contributed by atoms with Crippen molar-refractivity contribution in [2.45, 2.75) is 60.8 Å². The first-order valence-corrected chi connectivity index (χ1v) is 9.72. The van der Waals surface area contributed by atoms with Gasteiger partial charge in [-0.15, -0.1) is 11.3 Å². The van der Waals surface area contributed by atoms with Gasteiger partial charge in [0.1, 0.15) is 5.00 Å². The van der Waals surface area contributed by atoms with Crippen LogP contribution in [0.25, 0.3) is 0 Å². The first kappa shape index (κ1) is 19.7. The lowest BCUT2D eigenvalue weighted by molar-refractivity contribution is -0.111. The first-order valence-electron chi connectivity index (χ1n) is 8.91. The van der Waals surface area contributed by atoms with Crippen molar-refractivity contribution in [2.24, 2.45) is 11.3 Å². The molecule has 1 N–H and O–H groups in total. The number of rotatable bonds is 4. The van der Waals surface area contributed by atoms with Gasteiger partial charge in [-0.25, -0.2) is 4.79 Å². The molecule has 4 nitrogen and oxygen atoms in total. The number of nitrogens with one attached hydrogen (secondary N) is 1. The third-order valence-electron chi connectivity index (χ3n) is 4.63. The first-order chi connectivity index (χ1) is 11.6. The van der Waals surface area contributed by atoms with Crippen LogP contribution >= 0.6 is 11.3 Å². The average Bonchev–Trinajstić information content (AvgIpc) is 2.82. The number of hydrogen-bond donors (Lipinski definition) is 1. The van der Waals surface area contributed by atoms with Crippen LogP contribution in [0.5, 0.6) is 0 Å². The van der Waals surface area contributed by atoms with Crippen molar-refractivity contribution in [3.05, 3.63) is 27.7 Å². The van der Waals surface area contributed by atoms with Gasteiger partial charge in [-0.05, 0) is 56.9 Å². The maximum absolute atomic E-state index is 12.5. The minimum atomic E-state index is -0.332. The van der Waals surface area contributed by atoms with E-state index in [1.807, 2.05) is 13.8 Å². The molecule has 1 heterocycles. The molecular formula is C20H29NO3S. The van der Waals surface area contributed by atoms with E-state index in [1.54, 1.807) is 13.0 Å². The van der Waals surface area contributed by atoms with E-state index in [0.29, 0.717) is 23.1 Å². The van der Waals surface area contributed by atoms with Crippen LogP contribution in [0.4, 0.5) is 5.00 Å². The van der Waals surface area contributed by atoms with Crippen LogP contribution in [0, 0.1) is 11.3 Å². The molecule has 138 valence electrons. The van der Waals surface area contributed by atoms with Crippen LogP contribution in [-0.2, 0) is 22.4 Å². The van der Waals surface area contributed by atoms with Crippen molar-refractivity contribution in [3.8, 4) is 0 Å². The monoisotopic (exact) mass is 363 g/mol. The number of hydrogen-bond acceptors (Lipinski definition) is 4. The fourth-order valence-corrected chi connectivity index (χ4v) is 4.56. The largest absolute Gasteiger partial charge is 0.462 e. The van der Waals surface area contributed by atoms with E-state index in [0.717, 1.165) is 30.4 Å². The van der Waals surface area contributed by atoms with Crippen LogP contribution in [0.3, 0.4) is 0 Å². The Morgan fingerprint density at radius 2 is 2.00 bits per heavy atom. The number of ether oxygens (including phenoxy) is 1. The summed E-state index contributed by atoms with van der Waals surface area (Å²) >= 11 is 1.53. The molecule has 5 heteroatoms. The minimum absolute atomic E-state index is 0.198. The Morgan fingerprint density at radius 1 is 1.32 bits per heavy atom. The Balaban J connectivity index is 2.39. The molecule has 1 amide bonds. The molecule has 0 aromatic carbocycles. The molecule has 0 bridgehead atoms. The second-order valence-corrected chi connectivity index (χ2v) is 9.05. The SMILES string of the molecule is CCOC(=O)c1c(NC(=O)C=C(C)C)sc2c1CC[C@@H](C(C)(C)C)C2. The summed E-state index contributed by atoms with van der Waals surface area (Å²) in [6, 6.07) is 0. The fraction of sp³-hybridized carbons (Fsp3) is 0.600. The normalized spacial score (nSPS) is 16.8. The average molecular weight is 364 g/mol. The quantitative estimate of drug-likeness (QED) is 0.606. The number of fused-ring (bicyclic) bond motifs is 1. The minimum Gasteiger partial charge on any atom is -0.462 e. The molecule has 0 spiro atoms. The summed E-state index contributed by atoms with van der Waals surface area (Å²) in [6.07, 6.45) is 4.42. The number of amides is 1. The van der Waals surface area contributed by atoms with Crippen LogP contribution in [0.1, 0.15) is 68.8 Å². The summed E-state index contributed by atoms with van der Waals surface area (Å²) in [6.45, 7) is 12.7. The standard InChI is InChI=1S/C20H29NO3S/c1-7-24-19(23)17-14-9-8-13(20(4,5)6)11-15(14)25-18(17)21-16(22)10-12(2)3/h10,13H,7-9,11H2,1-6H3,(H,21,22)/t13-/m1/s1. The Hall–Kier alpha value is -1.62. The Labute approximate surface area is 154 Å². The highest BCUT2D eigenvalue weighted by Crippen LogP contribution is 2.44. The summed E-state index contributed by atoms with van der Waals surface area (Å²) in [5, 5.41) is 3.52. The fourth-order valence-electron chi connectivity index (χ4n) is 3.24. The second-order valence-electron chi connectivity index (χ2n) is 7.95. The molecule has 1 aliphatic rings. The van der Waals surface area contributed by atoms with Gasteiger partial charge >= 0.3 is 5.97 Å². The van der Waals surface area contributed by atoms with Crippen molar-refractivity contribution >= 4 is 28.2 Å². The highest BCUT2D eigenvalue weighted by molar-refractivity contribution is 7.17. The van der Waals surface area contributed by atoms with Crippen LogP contribution < -0.4 is 5.32 Å². The summed E-state index contributed by atoms with van der Waals surface area (Å²) in [5.41, 5.74) is 2.78. The highest BCUT2D eigenvalue weighted by Gasteiger charge is 2.34. The third-order valence-corrected chi connectivity index (χ3v) is 5.80.